The third-order valence-corrected chi connectivity index (χ3v) is 1.44. The van der Waals surface area contributed by atoms with Crippen LogP contribution in [0.2, 0.25) is 0 Å². The summed E-state index contributed by atoms with van der Waals surface area (Å²) >= 11 is 5.51. The molecule has 0 aromatic carbocycles. The number of carbonyl (C=O) groups excluding carboxylic acids is 3. The van der Waals surface area contributed by atoms with Gasteiger partial charge < -0.3 is 5.32 Å². The molecule has 0 fully saturated rings. The fourth-order valence-corrected chi connectivity index (χ4v) is 0.896. The summed E-state index contributed by atoms with van der Waals surface area (Å²) in [5, 5.41) is 0.372. The summed E-state index contributed by atoms with van der Waals surface area (Å²) in [6.45, 7) is 0. The molecule has 0 amide bonds. The van der Waals surface area contributed by atoms with E-state index in [1.165, 1.54) is 0 Å². The lowest BCUT2D eigenvalue weighted by atomic mass is 10.4. The van der Waals surface area contributed by atoms with Crippen molar-refractivity contribution in [2.24, 2.45) is 9.98 Å². The van der Waals surface area contributed by atoms with Crippen LogP contribution in [0, 0.1) is 0 Å². The lowest BCUT2D eigenvalue weighted by Gasteiger charge is -2.17. The summed E-state index contributed by atoms with van der Waals surface area (Å²) in [6.07, 6.45) is 0.889. The average Bonchev–Trinajstić information content (AvgIpc) is 2.17. The molecule has 1 rings (SSSR count). The quantitative estimate of drug-likeness (QED) is 0.356. The molecule has 1 aliphatic heterocycles. The minimum Gasteiger partial charge on any atom is -0.320 e. The monoisotopic (exact) mass is 201 g/mol. The second kappa shape index (κ2) is 3.44. The number of aliphatic imine (C=N–C) groups is 2. The van der Waals surface area contributed by atoms with Gasteiger partial charge in [0.25, 0.3) is 5.12 Å². The van der Waals surface area contributed by atoms with E-state index in [-0.39, 0.29) is 18.0 Å². The van der Waals surface area contributed by atoms with Crippen LogP contribution in [-0.2, 0) is 14.4 Å². The summed E-state index contributed by atoms with van der Waals surface area (Å²) in [4.78, 5) is 37.8. The van der Waals surface area contributed by atoms with Gasteiger partial charge in [-0.2, -0.15) is 0 Å². The maximum atomic E-state index is 10.4. The lowest BCUT2D eigenvalue weighted by molar-refractivity contribution is -0.109. The van der Waals surface area contributed by atoms with Gasteiger partial charge in [0.05, 0.1) is 0 Å². The molecule has 0 aromatic rings. The summed E-state index contributed by atoms with van der Waals surface area (Å²) in [5.41, 5.74) is 0. The van der Waals surface area contributed by atoms with Crippen LogP contribution in [0.3, 0.4) is 0 Å². The van der Waals surface area contributed by atoms with Crippen molar-refractivity contribution in [3.63, 3.8) is 0 Å². The standard InChI is InChI=1S/C6H4ClN3O3/c7-6(3-13)9-4(1-11)8-5(2-12)10-6/h1-3H,(H,8,9,10). The van der Waals surface area contributed by atoms with E-state index in [4.69, 9.17) is 11.6 Å². The van der Waals surface area contributed by atoms with Gasteiger partial charge in [0.2, 0.25) is 0 Å². The first-order chi connectivity index (χ1) is 6.13. The Labute approximate surface area is 77.7 Å². The Morgan fingerprint density at radius 1 is 1.15 bits per heavy atom. The van der Waals surface area contributed by atoms with Crippen molar-refractivity contribution in [2.75, 3.05) is 0 Å². The highest BCUT2D eigenvalue weighted by Crippen LogP contribution is 2.17. The molecule has 0 bridgehead atoms. The first kappa shape index (κ1) is 9.53. The SMILES string of the molecule is O=CC1=NC(Cl)(C=O)N=C(C=O)N1. The number of nitrogens with one attached hydrogen (secondary N) is 1. The van der Waals surface area contributed by atoms with E-state index in [9.17, 15) is 14.4 Å². The third kappa shape index (κ3) is 1.97. The number of amidine groups is 2. The molecular weight excluding hydrogens is 198 g/mol. The molecule has 1 N–H and O–H groups in total. The van der Waals surface area contributed by atoms with E-state index < -0.39 is 5.12 Å². The molecule has 68 valence electrons. The third-order valence-electron chi connectivity index (χ3n) is 1.18. The zero-order valence-corrected chi connectivity index (χ0v) is 6.99. The molecule has 1 aliphatic rings. The van der Waals surface area contributed by atoms with Gasteiger partial charge in [-0.1, -0.05) is 11.6 Å². The van der Waals surface area contributed by atoms with E-state index in [1.807, 2.05) is 0 Å². The fraction of sp³-hybridized carbons (Fsp3) is 0.167. The topological polar surface area (TPSA) is 88.0 Å². The number of alkyl halides is 1. The Morgan fingerprint density at radius 3 is 1.92 bits per heavy atom. The van der Waals surface area contributed by atoms with Gasteiger partial charge >= 0.3 is 0 Å². The molecule has 0 saturated carbocycles. The maximum Gasteiger partial charge on any atom is 0.286 e. The molecule has 0 aliphatic carbocycles. The predicted octanol–water partition coefficient (Wildman–Crippen LogP) is -1.12. The first-order valence-electron chi connectivity index (χ1n) is 3.16. The van der Waals surface area contributed by atoms with E-state index in [0.29, 0.717) is 12.6 Å². The minimum atomic E-state index is -1.89. The molecule has 0 aromatic heterocycles. The number of halogens is 1. The van der Waals surface area contributed by atoms with Gasteiger partial charge in [-0.25, -0.2) is 9.98 Å². The number of nitrogens with zero attached hydrogens (tertiary/aromatic N) is 2. The van der Waals surface area contributed by atoms with Gasteiger partial charge in [-0.05, 0) is 0 Å². The van der Waals surface area contributed by atoms with E-state index in [2.05, 4.69) is 15.3 Å². The van der Waals surface area contributed by atoms with Gasteiger partial charge in [-0.3, -0.25) is 14.4 Å². The van der Waals surface area contributed by atoms with Gasteiger partial charge in [0, 0.05) is 0 Å². The smallest absolute Gasteiger partial charge is 0.286 e. The predicted molar refractivity (Wildman–Crippen MR) is 44.8 cm³/mol. The van der Waals surface area contributed by atoms with Gasteiger partial charge in [0.15, 0.2) is 30.5 Å². The van der Waals surface area contributed by atoms with Crippen LogP contribution < -0.4 is 5.32 Å². The van der Waals surface area contributed by atoms with E-state index in [0.717, 1.165) is 0 Å². The fourth-order valence-electron chi connectivity index (χ4n) is 0.714. The van der Waals surface area contributed by atoms with Crippen molar-refractivity contribution in [3.05, 3.63) is 0 Å². The molecule has 13 heavy (non-hydrogen) atoms. The second-order valence-corrected chi connectivity index (χ2v) is 2.67. The molecule has 1 heterocycles. The van der Waals surface area contributed by atoms with Crippen LogP contribution >= 0.6 is 11.6 Å². The van der Waals surface area contributed by atoms with Crippen molar-refractivity contribution in [3.8, 4) is 0 Å². The second-order valence-electron chi connectivity index (χ2n) is 2.11. The van der Waals surface area contributed by atoms with E-state index >= 15 is 0 Å². The number of aldehydes is 3. The van der Waals surface area contributed by atoms with Crippen LogP contribution in [-0.4, -0.2) is 35.7 Å². The number of hydrogen-bond donors (Lipinski definition) is 1. The number of hydrogen-bond acceptors (Lipinski definition) is 6. The molecule has 0 unspecified atom stereocenters. The Morgan fingerprint density at radius 2 is 1.62 bits per heavy atom. The summed E-state index contributed by atoms with van der Waals surface area (Å²) < 4.78 is 0. The largest absolute Gasteiger partial charge is 0.320 e. The van der Waals surface area contributed by atoms with Crippen LogP contribution in [0.25, 0.3) is 0 Å². The Hall–Kier alpha value is -1.56. The molecule has 0 spiro atoms. The Balaban J connectivity index is 3.08. The van der Waals surface area contributed by atoms with Crippen molar-refractivity contribution < 1.29 is 14.4 Å². The molecule has 0 radical (unpaired) electrons. The van der Waals surface area contributed by atoms with Gasteiger partial charge in [-0.15, -0.1) is 0 Å². The average molecular weight is 202 g/mol. The van der Waals surface area contributed by atoms with Crippen LogP contribution in [0.5, 0.6) is 0 Å². The summed E-state index contributed by atoms with van der Waals surface area (Å²) in [6, 6.07) is 0. The molecule has 0 atom stereocenters. The van der Waals surface area contributed by atoms with Gasteiger partial charge in [0.1, 0.15) is 0 Å². The maximum absolute atomic E-state index is 10.4. The molecular formula is C6H4ClN3O3. The number of rotatable bonds is 3. The Kier molecular flexibility index (Phi) is 2.52. The van der Waals surface area contributed by atoms with Crippen molar-refractivity contribution in [1.82, 2.24) is 5.32 Å². The lowest BCUT2D eigenvalue weighted by Crippen LogP contribution is -2.41. The Bertz CT molecular complexity index is 299. The first-order valence-corrected chi connectivity index (χ1v) is 3.53. The van der Waals surface area contributed by atoms with Crippen molar-refractivity contribution >= 4 is 42.1 Å². The highest BCUT2D eigenvalue weighted by atomic mass is 35.5. The summed E-state index contributed by atoms with van der Waals surface area (Å²) in [5.74, 6) is -0.418. The van der Waals surface area contributed by atoms with E-state index in [1.54, 1.807) is 0 Å². The highest BCUT2D eigenvalue weighted by molar-refractivity contribution is 6.44. The van der Waals surface area contributed by atoms with Crippen molar-refractivity contribution in [2.45, 2.75) is 5.12 Å². The number of carbonyl (C=O) groups is 3. The molecule has 7 heteroatoms. The van der Waals surface area contributed by atoms with Crippen LogP contribution in [0.1, 0.15) is 0 Å². The molecule has 6 nitrogen and oxygen atoms in total. The normalized spacial score (nSPS) is 19.2. The van der Waals surface area contributed by atoms with Crippen LogP contribution in [0.4, 0.5) is 0 Å². The van der Waals surface area contributed by atoms with Crippen molar-refractivity contribution in [1.29, 1.82) is 0 Å². The minimum absolute atomic E-state index is 0.209. The zero-order valence-electron chi connectivity index (χ0n) is 6.23. The van der Waals surface area contributed by atoms with Crippen LogP contribution in [0.15, 0.2) is 9.98 Å². The summed E-state index contributed by atoms with van der Waals surface area (Å²) in [7, 11) is 0. The zero-order chi connectivity index (χ0) is 9.90. The molecule has 0 saturated heterocycles. The highest BCUT2D eigenvalue weighted by Gasteiger charge is 2.30.